The van der Waals surface area contributed by atoms with Crippen LogP contribution in [0.4, 0.5) is 4.39 Å². The third kappa shape index (κ3) is 4.16. The van der Waals surface area contributed by atoms with Crippen molar-refractivity contribution in [3.05, 3.63) is 83.9 Å². The van der Waals surface area contributed by atoms with Crippen LogP contribution in [0, 0.1) is 18.2 Å². The molecule has 0 N–H and O–H groups in total. The van der Waals surface area contributed by atoms with Crippen LogP contribution in [0.3, 0.4) is 0 Å². The number of sulfone groups is 1. The molecule has 2 aromatic heterocycles. The number of carbonyl (C=O) groups is 1. The van der Waals surface area contributed by atoms with Gasteiger partial charge in [-0.1, -0.05) is 31.2 Å². The lowest BCUT2D eigenvalue weighted by Gasteiger charge is -2.20. The summed E-state index contributed by atoms with van der Waals surface area (Å²) < 4.78 is 39.4. The minimum atomic E-state index is -3.10. The highest BCUT2D eigenvalue weighted by molar-refractivity contribution is 7.91. The lowest BCUT2D eigenvalue weighted by atomic mass is 9.84. The Hall–Kier alpha value is -3.32. The van der Waals surface area contributed by atoms with E-state index >= 15 is 0 Å². The number of carbonyl (C=O) groups excluding carboxylic acids is 1. The van der Waals surface area contributed by atoms with Gasteiger partial charge in [-0.3, -0.25) is 4.79 Å². The molecule has 7 heteroatoms. The van der Waals surface area contributed by atoms with E-state index < -0.39 is 15.3 Å². The molecule has 0 amide bonds. The number of benzene rings is 2. The molecule has 1 fully saturated rings. The standard InChI is InChI=1S/C27H25FN2O3S/c1-18-5-3-4-6-21(18)23-16-30(20-9-7-19(28)8-10-20)26-22(23)11-12-24(29-26)25(31)15-27(2)13-14-34(32,33)17-27/h3-12,16H,13-15,17H2,1-2H3/t27-/m1/s1. The summed E-state index contributed by atoms with van der Waals surface area (Å²) >= 11 is 0. The van der Waals surface area contributed by atoms with E-state index in [-0.39, 0.29) is 29.5 Å². The molecule has 0 saturated carbocycles. The Bertz CT molecular complexity index is 1520. The van der Waals surface area contributed by atoms with Crippen LogP contribution in [-0.4, -0.2) is 35.3 Å². The van der Waals surface area contributed by atoms with E-state index in [1.165, 1.54) is 12.1 Å². The monoisotopic (exact) mass is 476 g/mol. The Morgan fingerprint density at radius 2 is 1.79 bits per heavy atom. The molecular weight excluding hydrogens is 451 g/mol. The predicted molar refractivity (Wildman–Crippen MR) is 132 cm³/mol. The maximum atomic E-state index is 13.6. The molecule has 5 nitrogen and oxygen atoms in total. The Morgan fingerprint density at radius 1 is 1.06 bits per heavy atom. The van der Waals surface area contributed by atoms with E-state index in [1.807, 2.05) is 54.9 Å². The fourth-order valence-electron chi connectivity index (χ4n) is 4.84. The van der Waals surface area contributed by atoms with Crippen molar-refractivity contribution >= 4 is 26.7 Å². The van der Waals surface area contributed by atoms with E-state index in [0.717, 1.165) is 27.8 Å². The van der Waals surface area contributed by atoms with Crippen LogP contribution in [0.2, 0.25) is 0 Å². The first-order valence-electron chi connectivity index (χ1n) is 11.2. The molecule has 1 aliphatic heterocycles. The maximum Gasteiger partial charge on any atom is 0.181 e. The molecule has 2 aromatic carbocycles. The normalized spacial score (nSPS) is 19.5. The number of hydrogen-bond acceptors (Lipinski definition) is 4. The summed E-state index contributed by atoms with van der Waals surface area (Å²) in [6.45, 7) is 3.89. The van der Waals surface area contributed by atoms with E-state index in [9.17, 15) is 17.6 Å². The Labute approximate surface area is 198 Å². The molecule has 174 valence electrons. The van der Waals surface area contributed by atoms with Gasteiger partial charge in [0.2, 0.25) is 0 Å². The average Bonchev–Trinajstić information content (AvgIpc) is 3.30. The summed E-state index contributed by atoms with van der Waals surface area (Å²) in [7, 11) is -3.10. The van der Waals surface area contributed by atoms with Gasteiger partial charge in [-0.2, -0.15) is 0 Å². The second-order valence-corrected chi connectivity index (χ2v) is 11.7. The van der Waals surface area contributed by atoms with E-state index in [1.54, 1.807) is 18.2 Å². The fourth-order valence-corrected chi connectivity index (χ4v) is 7.10. The van der Waals surface area contributed by atoms with Gasteiger partial charge in [0.25, 0.3) is 0 Å². The zero-order valence-corrected chi connectivity index (χ0v) is 19.9. The summed E-state index contributed by atoms with van der Waals surface area (Å²) in [6, 6.07) is 17.8. The average molecular weight is 477 g/mol. The number of Topliss-reactive ketones (excluding diaryl/α,β-unsaturated/α-hetero) is 1. The van der Waals surface area contributed by atoms with Crippen molar-refractivity contribution in [3.63, 3.8) is 0 Å². The first-order valence-corrected chi connectivity index (χ1v) is 13.0. The molecule has 34 heavy (non-hydrogen) atoms. The number of hydrogen-bond donors (Lipinski definition) is 0. The van der Waals surface area contributed by atoms with Gasteiger partial charge in [0.05, 0.1) is 11.5 Å². The SMILES string of the molecule is Cc1ccccc1-c1cn(-c2ccc(F)cc2)c2nc(C(=O)C[C@@]3(C)CCS(=O)(=O)C3)ccc12. The number of aromatic nitrogens is 2. The molecule has 0 unspecified atom stereocenters. The number of pyridine rings is 1. The summed E-state index contributed by atoms with van der Waals surface area (Å²) in [5.74, 6) is -0.359. The van der Waals surface area contributed by atoms with Gasteiger partial charge in [-0.25, -0.2) is 17.8 Å². The Balaban J connectivity index is 1.62. The number of aryl methyl sites for hydroxylation is 1. The van der Waals surface area contributed by atoms with Gasteiger partial charge in [-0.05, 0) is 66.3 Å². The molecule has 4 aromatic rings. The third-order valence-electron chi connectivity index (χ3n) is 6.65. The second kappa shape index (κ2) is 8.17. The smallest absolute Gasteiger partial charge is 0.181 e. The molecule has 0 bridgehead atoms. The van der Waals surface area contributed by atoms with E-state index in [4.69, 9.17) is 4.98 Å². The minimum absolute atomic E-state index is 0.0252. The zero-order valence-electron chi connectivity index (χ0n) is 19.1. The highest BCUT2D eigenvalue weighted by atomic mass is 32.2. The van der Waals surface area contributed by atoms with Gasteiger partial charge in [0.1, 0.15) is 17.2 Å². The summed E-state index contributed by atoms with van der Waals surface area (Å²) in [5.41, 5.74) is 4.19. The number of fused-ring (bicyclic) bond motifs is 1. The Kier molecular flexibility index (Phi) is 5.40. The first kappa shape index (κ1) is 22.5. The van der Waals surface area contributed by atoms with Gasteiger partial charge in [0, 0.05) is 29.3 Å². The largest absolute Gasteiger partial charge is 0.301 e. The lowest BCUT2D eigenvalue weighted by molar-refractivity contribution is 0.0929. The highest BCUT2D eigenvalue weighted by Gasteiger charge is 2.40. The van der Waals surface area contributed by atoms with Crippen LogP contribution in [-0.2, 0) is 9.84 Å². The summed E-state index contributed by atoms with van der Waals surface area (Å²) in [4.78, 5) is 17.9. The topological polar surface area (TPSA) is 69.0 Å². The molecule has 0 radical (unpaired) electrons. The van der Waals surface area contributed by atoms with Crippen molar-refractivity contribution in [2.45, 2.75) is 26.7 Å². The van der Waals surface area contributed by atoms with Crippen LogP contribution in [0.15, 0.2) is 66.9 Å². The third-order valence-corrected chi connectivity index (χ3v) is 8.61. The van der Waals surface area contributed by atoms with Gasteiger partial charge >= 0.3 is 0 Å². The molecular formula is C27H25FN2O3S. The van der Waals surface area contributed by atoms with Crippen molar-refractivity contribution < 1.29 is 17.6 Å². The molecule has 1 aliphatic rings. The number of rotatable bonds is 5. The number of nitrogens with zero attached hydrogens (tertiary/aromatic N) is 2. The lowest BCUT2D eigenvalue weighted by Crippen LogP contribution is -2.23. The van der Waals surface area contributed by atoms with Crippen molar-refractivity contribution in [1.82, 2.24) is 9.55 Å². The van der Waals surface area contributed by atoms with Crippen molar-refractivity contribution in [2.75, 3.05) is 11.5 Å². The van der Waals surface area contributed by atoms with Crippen molar-refractivity contribution in [3.8, 4) is 16.8 Å². The van der Waals surface area contributed by atoms with Crippen LogP contribution >= 0.6 is 0 Å². The fraction of sp³-hybridized carbons (Fsp3) is 0.259. The molecule has 0 spiro atoms. The number of ketones is 1. The summed E-state index contributed by atoms with van der Waals surface area (Å²) in [6.07, 6.45) is 2.58. The van der Waals surface area contributed by atoms with Crippen LogP contribution < -0.4 is 0 Å². The van der Waals surface area contributed by atoms with Gasteiger partial charge in [0.15, 0.2) is 15.6 Å². The molecule has 3 heterocycles. The van der Waals surface area contributed by atoms with E-state index in [2.05, 4.69) is 0 Å². The van der Waals surface area contributed by atoms with Crippen molar-refractivity contribution in [2.24, 2.45) is 5.41 Å². The highest BCUT2D eigenvalue weighted by Crippen LogP contribution is 2.37. The van der Waals surface area contributed by atoms with Gasteiger partial charge < -0.3 is 4.57 Å². The van der Waals surface area contributed by atoms with Crippen LogP contribution in [0.1, 0.15) is 35.8 Å². The number of halogens is 1. The van der Waals surface area contributed by atoms with Crippen LogP contribution in [0.5, 0.6) is 0 Å². The van der Waals surface area contributed by atoms with Crippen molar-refractivity contribution in [1.29, 1.82) is 0 Å². The van der Waals surface area contributed by atoms with Crippen LogP contribution in [0.25, 0.3) is 27.8 Å². The molecule has 5 rings (SSSR count). The Morgan fingerprint density at radius 3 is 2.47 bits per heavy atom. The molecule has 1 saturated heterocycles. The molecule has 0 aliphatic carbocycles. The quantitative estimate of drug-likeness (QED) is 0.355. The van der Waals surface area contributed by atoms with Gasteiger partial charge in [-0.15, -0.1) is 0 Å². The predicted octanol–water partition coefficient (Wildman–Crippen LogP) is 5.54. The molecule has 1 atom stereocenters. The first-order chi connectivity index (χ1) is 16.1. The minimum Gasteiger partial charge on any atom is -0.301 e. The zero-order chi connectivity index (χ0) is 24.1. The maximum absolute atomic E-state index is 13.6. The summed E-state index contributed by atoms with van der Waals surface area (Å²) in [5, 5.41) is 0.879. The second-order valence-electron chi connectivity index (χ2n) is 9.52. The van der Waals surface area contributed by atoms with E-state index in [0.29, 0.717) is 17.8 Å².